The average Bonchev–Trinajstić information content (AvgIpc) is 2.45. The number of unbranched alkanes of at least 4 members (excludes halogenated alkanes) is 1. The zero-order chi connectivity index (χ0) is 15.0. The third-order valence-corrected chi connectivity index (χ3v) is 3.13. The molecule has 0 heterocycles. The van der Waals surface area contributed by atoms with Crippen molar-refractivity contribution in [3.05, 3.63) is 29.8 Å². The fourth-order valence-electron chi connectivity index (χ4n) is 1.81. The highest BCUT2D eigenvalue weighted by molar-refractivity contribution is 5.83. The van der Waals surface area contributed by atoms with E-state index < -0.39 is 5.97 Å². The van der Waals surface area contributed by atoms with Gasteiger partial charge in [-0.15, -0.1) is 0 Å². The largest absolute Gasteiger partial charge is 0.497 e. The third kappa shape index (κ3) is 5.30. The molecule has 0 saturated heterocycles. The number of carboxylic acids is 1. The van der Waals surface area contributed by atoms with Crippen molar-refractivity contribution in [3.8, 4) is 5.75 Å². The summed E-state index contributed by atoms with van der Waals surface area (Å²) in [5, 5.41) is 11.3. The third-order valence-electron chi connectivity index (χ3n) is 3.13. The molecule has 0 radical (unpaired) electrons. The topological polar surface area (TPSA) is 75.6 Å². The van der Waals surface area contributed by atoms with Crippen LogP contribution in [0.3, 0.4) is 0 Å². The maximum atomic E-state index is 11.9. The van der Waals surface area contributed by atoms with Crippen LogP contribution in [0.5, 0.6) is 5.75 Å². The molecule has 1 atom stereocenters. The predicted molar refractivity (Wildman–Crippen MR) is 75.9 cm³/mol. The van der Waals surface area contributed by atoms with Gasteiger partial charge in [-0.25, -0.2) is 0 Å². The molecule has 1 aromatic rings. The average molecular weight is 279 g/mol. The van der Waals surface area contributed by atoms with E-state index in [2.05, 4.69) is 5.32 Å². The van der Waals surface area contributed by atoms with Gasteiger partial charge in [-0.05, 0) is 37.5 Å². The van der Waals surface area contributed by atoms with Crippen LogP contribution in [-0.2, 0) is 9.59 Å². The summed E-state index contributed by atoms with van der Waals surface area (Å²) in [7, 11) is 1.60. The first-order chi connectivity index (χ1) is 9.54. The second kappa shape index (κ2) is 8.19. The van der Waals surface area contributed by atoms with Crippen LogP contribution in [-0.4, -0.2) is 30.6 Å². The Labute approximate surface area is 118 Å². The van der Waals surface area contributed by atoms with Crippen molar-refractivity contribution in [2.45, 2.75) is 32.1 Å². The fourth-order valence-corrected chi connectivity index (χ4v) is 1.81. The zero-order valence-corrected chi connectivity index (χ0v) is 11.9. The number of ether oxygens (including phenoxy) is 1. The highest BCUT2D eigenvalue weighted by atomic mass is 16.5. The van der Waals surface area contributed by atoms with Crippen LogP contribution in [0.1, 0.15) is 37.7 Å². The molecule has 1 aromatic carbocycles. The number of aliphatic carboxylic acids is 1. The van der Waals surface area contributed by atoms with E-state index in [0.29, 0.717) is 19.4 Å². The summed E-state index contributed by atoms with van der Waals surface area (Å²) >= 11 is 0. The van der Waals surface area contributed by atoms with Crippen LogP contribution in [0.25, 0.3) is 0 Å². The number of carbonyl (C=O) groups is 2. The molecule has 0 fully saturated rings. The van der Waals surface area contributed by atoms with Crippen molar-refractivity contribution in [2.75, 3.05) is 13.7 Å². The molecular formula is C15H21NO4. The molecule has 0 aromatic heterocycles. The Morgan fingerprint density at radius 3 is 2.45 bits per heavy atom. The first-order valence-electron chi connectivity index (χ1n) is 6.68. The maximum Gasteiger partial charge on any atom is 0.303 e. The Kier molecular flexibility index (Phi) is 6.56. The lowest BCUT2D eigenvalue weighted by molar-refractivity contribution is -0.137. The van der Waals surface area contributed by atoms with E-state index in [1.165, 1.54) is 0 Å². The minimum atomic E-state index is -0.803. The van der Waals surface area contributed by atoms with Crippen LogP contribution in [0, 0.1) is 0 Å². The number of hydrogen-bond donors (Lipinski definition) is 2. The number of carboxylic acid groups (broad SMARTS) is 1. The highest BCUT2D eigenvalue weighted by Crippen LogP contribution is 2.19. The van der Waals surface area contributed by atoms with Crippen molar-refractivity contribution in [1.82, 2.24) is 5.32 Å². The Bertz CT molecular complexity index is 442. The van der Waals surface area contributed by atoms with Gasteiger partial charge >= 0.3 is 5.97 Å². The van der Waals surface area contributed by atoms with Gasteiger partial charge in [-0.2, -0.15) is 0 Å². The maximum absolute atomic E-state index is 11.9. The number of amides is 1. The number of nitrogens with one attached hydrogen (secondary N) is 1. The van der Waals surface area contributed by atoms with Gasteiger partial charge in [0.05, 0.1) is 13.0 Å². The number of methoxy groups -OCH3 is 1. The van der Waals surface area contributed by atoms with Gasteiger partial charge in [-0.1, -0.05) is 12.1 Å². The molecule has 110 valence electrons. The van der Waals surface area contributed by atoms with E-state index in [1.807, 2.05) is 31.2 Å². The summed E-state index contributed by atoms with van der Waals surface area (Å²) in [5.41, 5.74) is 0.925. The molecule has 0 aliphatic carbocycles. The lowest BCUT2D eigenvalue weighted by Gasteiger charge is -2.13. The van der Waals surface area contributed by atoms with Crippen LogP contribution < -0.4 is 10.1 Å². The van der Waals surface area contributed by atoms with Crippen LogP contribution >= 0.6 is 0 Å². The lowest BCUT2D eigenvalue weighted by atomic mass is 10.0. The van der Waals surface area contributed by atoms with Crippen LogP contribution in [0.2, 0.25) is 0 Å². The zero-order valence-electron chi connectivity index (χ0n) is 11.9. The van der Waals surface area contributed by atoms with Crippen molar-refractivity contribution in [3.63, 3.8) is 0 Å². The van der Waals surface area contributed by atoms with Crippen LogP contribution in [0.4, 0.5) is 0 Å². The van der Waals surface area contributed by atoms with Gasteiger partial charge in [0, 0.05) is 13.0 Å². The summed E-state index contributed by atoms with van der Waals surface area (Å²) in [4.78, 5) is 22.3. The summed E-state index contributed by atoms with van der Waals surface area (Å²) in [6, 6.07) is 7.39. The Morgan fingerprint density at radius 1 is 1.25 bits per heavy atom. The first-order valence-corrected chi connectivity index (χ1v) is 6.68. The molecule has 0 bridgehead atoms. The van der Waals surface area contributed by atoms with E-state index in [9.17, 15) is 9.59 Å². The molecule has 1 amide bonds. The summed E-state index contributed by atoms with van der Waals surface area (Å²) in [6.07, 6.45) is 1.39. The van der Waals surface area contributed by atoms with E-state index in [1.54, 1.807) is 7.11 Å². The van der Waals surface area contributed by atoms with E-state index in [-0.39, 0.29) is 18.2 Å². The molecule has 0 spiro atoms. The van der Waals surface area contributed by atoms with Crippen LogP contribution in [0.15, 0.2) is 24.3 Å². The second-order valence-electron chi connectivity index (χ2n) is 4.64. The fraction of sp³-hybridized carbons (Fsp3) is 0.467. The number of benzene rings is 1. The first kappa shape index (κ1) is 16.0. The molecule has 1 rings (SSSR count). The standard InChI is InChI=1S/C15H21NO4/c1-11(12-6-8-13(20-2)9-7-12)15(19)16-10-4-3-5-14(17)18/h6-9,11H,3-5,10H2,1-2H3,(H,16,19)(H,17,18). The van der Waals surface area contributed by atoms with E-state index in [4.69, 9.17) is 9.84 Å². The molecule has 1 unspecified atom stereocenters. The molecule has 0 aliphatic heterocycles. The van der Waals surface area contributed by atoms with Gasteiger partial charge in [0.25, 0.3) is 0 Å². The molecule has 0 saturated carbocycles. The normalized spacial score (nSPS) is 11.7. The van der Waals surface area contributed by atoms with Crippen molar-refractivity contribution < 1.29 is 19.4 Å². The van der Waals surface area contributed by atoms with Gasteiger partial charge in [0.15, 0.2) is 0 Å². The molecule has 20 heavy (non-hydrogen) atoms. The number of carbonyl (C=O) groups excluding carboxylic acids is 1. The van der Waals surface area contributed by atoms with Gasteiger partial charge in [0.1, 0.15) is 5.75 Å². The summed E-state index contributed by atoms with van der Waals surface area (Å²) in [6.45, 7) is 2.35. The van der Waals surface area contributed by atoms with Gasteiger partial charge in [-0.3, -0.25) is 9.59 Å². The highest BCUT2D eigenvalue weighted by Gasteiger charge is 2.14. The summed E-state index contributed by atoms with van der Waals surface area (Å²) in [5.74, 6) is -0.330. The van der Waals surface area contributed by atoms with Crippen molar-refractivity contribution in [1.29, 1.82) is 0 Å². The van der Waals surface area contributed by atoms with E-state index >= 15 is 0 Å². The number of hydrogen-bond acceptors (Lipinski definition) is 3. The Morgan fingerprint density at radius 2 is 1.90 bits per heavy atom. The minimum Gasteiger partial charge on any atom is -0.497 e. The summed E-state index contributed by atoms with van der Waals surface area (Å²) < 4.78 is 5.07. The predicted octanol–water partition coefficient (Wildman–Crippen LogP) is 2.17. The Balaban J connectivity index is 2.36. The van der Waals surface area contributed by atoms with Crippen molar-refractivity contribution >= 4 is 11.9 Å². The Hall–Kier alpha value is -2.04. The molecule has 0 aliphatic rings. The van der Waals surface area contributed by atoms with Gasteiger partial charge < -0.3 is 15.2 Å². The molecule has 5 heteroatoms. The molecular weight excluding hydrogens is 258 g/mol. The van der Waals surface area contributed by atoms with E-state index in [0.717, 1.165) is 11.3 Å². The lowest BCUT2D eigenvalue weighted by Crippen LogP contribution is -2.28. The van der Waals surface area contributed by atoms with Crippen molar-refractivity contribution in [2.24, 2.45) is 0 Å². The quantitative estimate of drug-likeness (QED) is 0.715. The second-order valence-corrected chi connectivity index (χ2v) is 4.64. The molecule has 2 N–H and O–H groups in total. The number of rotatable bonds is 8. The smallest absolute Gasteiger partial charge is 0.303 e. The monoisotopic (exact) mass is 279 g/mol. The molecule has 5 nitrogen and oxygen atoms in total. The van der Waals surface area contributed by atoms with Gasteiger partial charge in [0.2, 0.25) is 5.91 Å². The minimum absolute atomic E-state index is 0.0505. The SMILES string of the molecule is COc1ccc(C(C)C(=O)NCCCCC(=O)O)cc1.